The maximum atomic E-state index is 13.9. The second kappa shape index (κ2) is 4.84. The number of rotatable bonds is 2. The van der Waals surface area contributed by atoms with E-state index in [-0.39, 0.29) is 17.6 Å². The van der Waals surface area contributed by atoms with Gasteiger partial charge in [0.25, 0.3) is 0 Å². The summed E-state index contributed by atoms with van der Waals surface area (Å²) in [7, 11) is 0. The SMILES string of the molecule is CC(=O)c1cccc(F)c1N1CCOCC1C. The summed E-state index contributed by atoms with van der Waals surface area (Å²) < 4.78 is 19.3. The Hall–Kier alpha value is -1.42. The fourth-order valence-corrected chi connectivity index (χ4v) is 2.15. The lowest BCUT2D eigenvalue weighted by molar-refractivity contribution is 0.0970. The summed E-state index contributed by atoms with van der Waals surface area (Å²) in [5.41, 5.74) is 0.856. The molecule has 0 spiro atoms. The molecule has 0 radical (unpaired) electrons. The fourth-order valence-electron chi connectivity index (χ4n) is 2.15. The van der Waals surface area contributed by atoms with Gasteiger partial charge in [0.05, 0.1) is 18.9 Å². The van der Waals surface area contributed by atoms with Gasteiger partial charge in [-0.05, 0) is 26.0 Å². The lowest BCUT2D eigenvalue weighted by atomic mass is 10.1. The molecule has 0 bridgehead atoms. The Kier molecular flexibility index (Phi) is 3.43. The molecule has 4 heteroatoms. The first kappa shape index (κ1) is 12.0. The van der Waals surface area contributed by atoms with E-state index in [1.165, 1.54) is 13.0 Å². The van der Waals surface area contributed by atoms with Crippen molar-refractivity contribution in [1.82, 2.24) is 0 Å². The summed E-state index contributed by atoms with van der Waals surface area (Å²) >= 11 is 0. The minimum Gasteiger partial charge on any atom is -0.377 e. The lowest BCUT2D eigenvalue weighted by Crippen LogP contribution is -2.44. The van der Waals surface area contributed by atoms with E-state index in [9.17, 15) is 9.18 Å². The zero-order valence-electron chi connectivity index (χ0n) is 10.1. The highest BCUT2D eigenvalue weighted by molar-refractivity contribution is 5.99. The molecule has 1 fully saturated rings. The third-order valence-corrected chi connectivity index (χ3v) is 3.02. The van der Waals surface area contributed by atoms with Crippen molar-refractivity contribution in [1.29, 1.82) is 0 Å². The van der Waals surface area contributed by atoms with Crippen molar-refractivity contribution in [2.45, 2.75) is 19.9 Å². The highest BCUT2D eigenvalue weighted by Crippen LogP contribution is 2.27. The molecule has 1 atom stereocenters. The van der Waals surface area contributed by atoms with Crippen molar-refractivity contribution in [3.05, 3.63) is 29.6 Å². The summed E-state index contributed by atoms with van der Waals surface area (Å²) in [5.74, 6) is -0.454. The van der Waals surface area contributed by atoms with E-state index < -0.39 is 0 Å². The van der Waals surface area contributed by atoms with Crippen LogP contribution in [-0.2, 0) is 4.74 Å². The third-order valence-electron chi connectivity index (χ3n) is 3.02. The van der Waals surface area contributed by atoms with Crippen molar-refractivity contribution < 1.29 is 13.9 Å². The quantitative estimate of drug-likeness (QED) is 0.739. The number of carbonyl (C=O) groups excluding carboxylic acids is 1. The Bertz CT molecular complexity index is 433. The molecule has 0 amide bonds. The number of halogens is 1. The average Bonchev–Trinajstić information content (AvgIpc) is 2.30. The summed E-state index contributed by atoms with van der Waals surface area (Å²) in [6.45, 7) is 5.17. The Labute approximate surface area is 100 Å². The molecule has 2 rings (SSSR count). The number of para-hydroxylation sites is 1. The lowest BCUT2D eigenvalue weighted by Gasteiger charge is -2.36. The van der Waals surface area contributed by atoms with Gasteiger partial charge in [-0.2, -0.15) is 0 Å². The summed E-state index contributed by atoms with van der Waals surface area (Å²) in [5, 5.41) is 0. The number of anilines is 1. The fraction of sp³-hybridized carbons (Fsp3) is 0.462. The van der Waals surface area contributed by atoms with Crippen molar-refractivity contribution in [3.8, 4) is 0 Å². The van der Waals surface area contributed by atoms with Gasteiger partial charge in [-0.25, -0.2) is 4.39 Å². The van der Waals surface area contributed by atoms with E-state index >= 15 is 0 Å². The number of benzene rings is 1. The van der Waals surface area contributed by atoms with Crippen molar-refractivity contribution in [2.24, 2.45) is 0 Å². The summed E-state index contributed by atoms with van der Waals surface area (Å²) in [6, 6.07) is 4.71. The van der Waals surface area contributed by atoms with Crippen molar-refractivity contribution in [2.75, 3.05) is 24.7 Å². The van der Waals surface area contributed by atoms with Crippen LogP contribution in [0.15, 0.2) is 18.2 Å². The van der Waals surface area contributed by atoms with Crippen LogP contribution < -0.4 is 4.90 Å². The molecule has 1 aromatic carbocycles. The third kappa shape index (κ3) is 2.31. The van der Waals surface area contributed by atoms with Gasteiger partial charge in [0.1, 0.15) is 5.82 Å². The van der Waals surface area contributed by atoms with Gasteiger partial charge >= 0.3 is 0 Å². The largest absolute Gasteiger partial charge is 0.377 e. The predicted octanol–water partition coefficient (Wildman–Crippen LogP) is 2.25. The number of nitrogens with zero attached hydrogens (tertiary/aromatic N) is 1. The highest BCUT2D eigenvalue weighted by atomic mass is 19.1. The summed E-state index contributed by atoms with van der Waals surface area (Å²) in [6.07, 6.45) is 0. The second-order valence-corrected chi connectivity index (χ2v) is 4.31. The van der Waals surface area contributed by atoms with E-state index in [1.54, 1.807) is 12.1 Å². The molecule has 0 N–H and O–H groups in total. The number of Topliss-reactive ketones (excluding diaryl/α,β-unsaturated/α-hetero) is 1. The number of carbonyl (C=O) groups is 1. The van der Waals surface area contributed by atoms with E-state index in [4.69, 9.17) is 4.74 Å². The molecule has 3 nitrogen and oxygen atoms in total. The monoisotopic (exact) mass is 237 g/mol. The molecule has 0 saturated carbocycles. The number of ether oxygens (including phenoxy) is 1. The van der Waals surface area contributed by atoms with Gasteiger partial charge < -0.3 is 9.64 Å². The van der Waals surface area contributed by atoms with Crippen molar-refractivity contribution >= 4 is 11.5 Å². The molecule has 0 aliphatic carbocycles. The molecule has 1 heterocycles. The molecule has 92 valence electrons. The molecule has 1 aliphatic rings. The Morgan fingerprint density at radius 2 is 2.29 bits per heavy atom. The molecule has 1 unspecified atom stereocenters. The Balaban J connectivity index is 2.45. The maximum absolute atomic E-state index is 13.9. The molecule has 1 saturated heterocycles. The number of hydrogen-bond acceptors (Lipinski definition) is 3. The van der Waals surface area contributed by atoms with Crippen LogP contribution in [0.4, 0.5) is 10.1 Å². The van der Waals surface area contributed by atoms with Crippen molar-refractivity contribution in [3.63, 3.8) is 0 Å². The van der Waals surface area contributed by atoms with E-state index in [0.29, 0.717) is 31.0 Å². The van der Waals surface area contributed by atoms with Crippen LogP contribution in [0.5, 0.6) is 0 Å². The smallest absolute Gasteiger partial charge is 0.161 e. The molecule has 17 heavy (non-hydrogen) atoms. The van der Waals surface area contributed by atoms with Crippen LogP contribution in [0.2, 0.25) is 0 Å². The summed E-state index contributed by atoms with van der Waals surface area (Å²) in [4.78, 5) is 13.5. The first-order chi connectivity index (χ1) is 8.11. The highest BCUT2D eigenvalue weighted by Gasteiger charge is 2.25. The van der Waals surface area contributed by atoms with Crippen LogP contribution >= 0.6 is 0 Å². The average molecular weight is 237 g/mol. The molecule has 0 aromatic heterocycles. The van der Waals surface area contributed by atoms with Crippen LogP contribution in [0.25, 0.3) is 0 Å². The van der Waals surface area contributed by atoms with Gasteiger partial charge in [-0.1, -0.05) is 6.07 Å². The van der Waals surface area contributed by atoms with E-state index in [1.807, 2.05) is 11.8 Å². The number of hydrogen-bond donors (Lipinski definition) is 0. The standard InChI is InChI=1S/C13H16FNO2/c1-9-8-17-7-6-15(9)13-11(10(2)16)4-3-5-12(13)14/h3-5,9H,6-8H2,1-2H3. The molecule has 1 aromatic rings. The van der Waals surface area contributed by atoms with Gasteiger partial charge in [0, 0.05) is 18.2 Å². The van der Waals surface area contributed by atoms with Crippen LogP contribution in [-0.4, -0.2) is 31.6 Å². The second-order valence-electron chi connectivity index (χ2n) is 4.31. The van der Waals surface area contributed by atoms with Crippen LogP contribution in [0.1, 0.15) is 24.2 Å². The van der Waals surface area contributed by atoms with E-state index in [2.05, 4.69) is 0 Å². The first-order valence-electron chi connectivity index (χ1n) is 5.75. The van der Waals surface area contributed by atoms with Crippen LogP contribution in [0, 0.1) is 5.82 Å². The van der Waals surface area contributed by atoms with Crippen LogP contribution in [0.3, 0.4) is 0 Å². The number of ketones is 1. The van der Waals surface area contributed by atoms with Gasteiger partial charge in [0.15, 0.2) is 5.78 Å². The van der Waals surface area contributed by atoms with Gasteiger partial charge in [0.2, 0.25) is 0 Å². The molecular formula is C13H16FNO2. The minimum atomic E-state index is -0.341. The Morgan fingerprint density at radius 1 is 1.53 bits per heavy atom. The zero-order chi connectivity index (χ0) is 12.4. The van der Waals surface area contributed by atoms with E-state index in [0.717, 1.165) is 0 Å². The molecular weight excluding hydrogens is 221 g/mol. The topological polar surface area (TPSA) is 29.5 Å². The minimum absolute atomic E-state index is 0.0822. The Morgan fingerprint density at radius 3 is 2.94 bits per heavy atom. The predicted molar refractivity (Wildman–Crippen MR) is 64.0 cm³/mol. The first-order valence-corrected chi connectivity index (χ1v) is 5.75. The maximum Gasteiger partial charge on any atom is 0.161 e. The molecule has 1 aliphatic heterocycles. The van der Waals surface area contributed by atoms with Gasteiger partial charge in [-0.15, -0.1) is 0 Å². The van der Waals surface area contributed by atoms with Gasteiger partial charge in [-0.3, -0.25) is 4.79 Å². The zero-order valence-corrected chi connectivity index (χ0v) is 10.1. The number of morpholine rings is 1. The normalized spacial score (nSPS) is 20.4.